The maximum atomic E-state index is 11.4. The van der Waals surface area contributed by atoms with Crippen molar-refractivity contribution in [2.24, 2.45) is 0 Å². The number of carboxylic acid groups (broad SMARTS) is 1. The molecule has 0 aliphatic rings. The molecule has 88 valence electrons. The number of amides is 1. The van der Waals surface area contributed by atoms with Gasteiger partial charge in [-0.15, -0.1) is 0 Å². The van der Waals surface area contributed by atoms with E-state index >= 15 is 0 Å². The number of carbonyl (C=O) groups excluding carboxylic acids is 1. The summed E-state index contributed by atoms with van der Waals surface area (Å²) in [6, 6.07) is 0. The summed E-state index contributed by atoms with van der Waals surface area (Å²) in [6.45, 7) is 3.40. The molecule has 0 bridgehead atoms. The summed E-state index contributed by atoms with van der Waals surface area (Å²) in [6.07, 6.45) is 1.09. The van der Waals surface area contributed by atoms with Crippen molar-refractivity contribution >= 4 is 11.9 Å². The molecule has 0 rings (SSSR count). The molecule has 0 aliphatic heterocycles. The summed E-state index contributed by atoms with van der Waals surface area (Å²) in [5, 5.41) is 8.43. The van der Waals surface area contributed by atoms with Gasteiger partial charge in [-0.2, -0.15) is 0 Å². The van der Waals surface area contributed by atoms with Crippen LogP contribution in [0.3, 0.4) is 0 Å². The van der Waals surface area contributed by atoms with E-state index in [-0.39, 0.29) is 18.9 Å². The Morgan fingerprint density at radius 3 is 2.53 bits per heavy atom. The van der Waals surface area contributed by atoms with Gasteiger partial charge in [0.15, 0.2) is 0 Å². The molecule has 0 saturated carbocycles. The highest BCUT2D eigenvalue weighted by Gasteiger charge is 2.09. The van der Waals surface area contributed by atoms with Crippen molar-refractivity contribution in [3.8, 4) is 0 Å². The fourth-order valence-electron chi connectivity index (χ4n) is 1.05. The first-order valence-electron chi connectivity index (χ1n) is 5.11. The number of rotatable bonds is 8. The maximum Gasteiger partial charge on any atom is 0.305 e. The molecule has 0 aromatic carbocycles. The number of ether oxygens (including phenoxy) is 1. The van der Waals surface area contributed by atoms with Crippen LogP contribution >= 0.6 is 0 Å². The predicted octanol–water partition coefficient (Wildman–Crippen LogP) is 0.736. The number of aliphatic carboxylic acids is 1. The molecule has 0 unspecified atom stereocenters. The summed E-state index contributed by atoms with van der Waals surface area (Å²) in [5.41, 5.74) is 0. The van der Waals surface area contributed by atoms with Crippen LogP contribution < -0.4 is 0 Å². The first-order chi connectivity index (χ1) is 7.07. The molecule has 5 nitrogen and oxygen atoms in total. The van der Waals surface area contributed by atoms with E-state index in [1.165, 1.54) is 4.90 Å². The third-order valence-corrected chi connectivity index (χ3v) is 1.97. The van der Waals surface area contributed by atoms with Gasteiger partial charge in [0.05, 0.1) is 6.42 Å². The SMILES string of the molecule is CCOCCCC(=O)N(C)CCC(=O)O. The van der Waals surface area contributed by atoms with E-state index in [0.29, 0.717) is 26.1 Å². The average molecular weight is 217 g/mol. The summed E-state index contributed by atoms with van der Waals surface area (Å²) in [4.78, 5) is 23.1. The Labute approximate surface area is 90.0 Å². The van der Waals surface area contributed by atoms with E-state index < -0.39 is 5.97 Å². The lowest BCUT2D eigenvalue weighted by Crippen LogP contribution is -2.29. The molecule has 0 radical (unpaired) electrons. The second-order valence-electron chi connectivity index (χ2n) is 3.26. The molecule has 0 spiro atoms. The Bertz CT molecular complexity index is 206. The van der Waals surface area contributed by atoms with E-state index in [9.17, 15) is 9.59 Å². The molecule has 15 heavy (non-hydrogen) atoms. The molecule has 1 N–H and O–H groups in total. The van der Waals surface area contributed by atoms with Crippen molar-refractivity contribution in [2.45, 2.75) is 26.2 Å². The van der Waals surface area contributed by atoms with Crippen molar-refractivity contribution < 1.29 is 19.4 Å². The van der Waals surface area contributed by atoms with Gasteiger partial charge in [-0.1, -0.05) is 0 Å². The quantitative estimate of drug-likeness (QED) is 0.609. The number of nitrogens with zero attached hydrogens (tertiary/aromatic N) is 1. The average Bonchev–Trinajstić information content (AvgIpc) is 2.20. The molecule has 5 heteroatoms. The zero-order chi connectivity index (χ0) is 11.7. The van der Waals surface area contributed by atoms with Crippen LogP contribution in [0.5, 0.6) is 0 Å². The highest BCUT2D eigenvalue weighted by molar-refractivity contribution is 5.76. The zero-order valence-electron chi connectivity index (χ0n) is 9.36. The maximum absolute atomic E-state index is 11.4. The molecule has 0 aromatic rings. The van der Waals surface area contributed by atoms with Crippen LogP contribution in [-0.4, -0.2) is 48.7 Å². The van der Waals surface area contributed by atoms with E-state index in [0.717, 1.165) is 0 Å². The first-order valence-corrected chi connectivity index (χ1v) is 5.11. The molecule has 0 saturated heterocycles. The lowest BCUT2D eigenvalue weighted by Gasteiger charge is -2.15. The Hall–Kier alpha value is -1.10. The molecule has 0 aliphatic carbocycles. The van der Waals surface area contributed by atoms with E-state index in [1.807, 2.05) is 6.92 Å². The third kappa shape index (κ3) is 7.93. The van der Waals surface area contributed by atoms with Crippen molar-refractivity contribution in [3.63, 3.8) is 0 Å². The van der Waals surface area contributed by atoms with E-state index in [1.54, 1.807) is 7.05 Å². The standard InChI is InChI=1S/C10H19NO4/c1-3-15-8-4-5-9(12)11(2)7-6-10(13)14/h3-8H2,1-2H3,(H,13,14). The van der Waals surface area contributed by atoms with Gasteiger partial charge in [-0.05, 0) is 13.3 Å². The van der Waals surface area contributed by atoms with Crippen molar-refractivity contribution in [3.05, 3.63) is 0 Å². The third-order valence-electron chi connectivity index (χ3n) is 1.97. The van der Waals surface area contributed by atoms with Gasteiger partial charge in [0.25, 0.3) is 0 Å². The largest absolute Gasteiger partial charge is 0.481 e. The minimum atomic E-state index is -0.885. The Morgan fingerprint density at radius 2 is 2.00 bits per heavy atom. The summed E-state index contributed by atoms with van der Waals surface area (Å²) in [5.74, 6) is -0.917. The molecule has 0 aromatic heterocycles. The van der Waals surface area contributed by atoms with E-state index in [4.69, 9.17) is 9.84 Å². The Morgan fingerprint density at radius 1 is 1.33 bits per heavy atom. The Balaban J connectivity index is 3.55. The van der Waals surface area contributed by atoms with Gasteiger partial charge in [0, 0.05) is 33.2 Å². The van der Waals surface area contributed by atoms with Crippen LogP contribution in [0, 0.1) is 0 Å². The topological polar surface area (TPSA) is 66.8 Å². The predicted molar refractivity (Wildman–Crippen MR) is 55.6 cm³/mol. The van der Waals surface area contributed by atoms with Crippen LogP contribution in [0.4, 0.5) is 0 Å². The second kappa shape index (κ2) is 8.23. The summed E-state index contributed by atoms with van der Waals surface area (Å²) >= 11 is 0. The van der Waals surface area contributed by atoms with Crippen LogP contribution in [0.25, 0.3) is 0 Å². The van der Waals surface area contributed by atoms with Crippen molar-refractivity contribution in [1.29, 1.82) is 0 Å². The van der Waals surface area contributed by atoms with Gasteiger partial charge < -0.3 is 14.7 Å². The number of hydrogen-bond donors (Lipinski definition) is 1. The minimum absolute atomic E-state index is 0.00625. The van der Waals surface area contributed by atoms with Gasteiger partial charge in [0.1, 0.15) is 0 Å². The lowest BCUT2D eigenvalue weighted by atomic mass is 10.3. The number of carbonyl (C=O) groups is 2. The van der Waals surface area contributed by atoms with Crippen molar-refractivity contribution in [2.75, 3.05) is 26.8 Å². The van der Waals surface area contributed by atoms with Crippen LogP contribution in [0.2, 0.25) is 0 Å². The van der Waals surface area contributed by atoms with Gasteiger partial charge >= 0.3 is 5.97 Å². The molecule has 0 heterocycles. The fraction of sp³-hybridized carbons (Fsp3) is 0.800. The van der Waals surface area contributed by atoms with Crippen LogP contribution in [0.15, 0.2) is 0 Å². The van der Waals surface area contributed by atoms with Crippen LogP contribution in [0.1, 0.15) is 26.2 Å². The smallest absolute Gasteiger partial charge is 0.305 e. The minimum Gasteiger partial charge on any atom is -0.481 e. The highest BCUT2D eigenvalue weighted by atomic mass is 16.5. The van der Waals surface area contributed by atoms with Gasteiger partial charge in [-0.3, -0.25) is 9.59 Å². The zero-order valence-corrected chi connectivity index (χ0v) is 9.36. The normalized spacial score (nSPS) is 10.0. The second-order valence-corrected chi connectivity index (χ2v) is 3.26. The first kappa shape index (κ1) is 13.9. The van der Waals surface area contributed by atoms with Gasteiger partial charge in [-0.25, -0.2) is 0 Å². The Kier molecular flexibility index (Phi) is 7.62. The monoisotopic (exact) mass is 217 g/mol. The van der Waals surface area contributed by atoms with Crippen molar-refractivity contribution in [1.82, 2.24) is 4.90 Å². The number of carboxylic acids is 1. The van der Waals surface area contributed by atoms with Gasteiger partial charge in [0.2, 0.25) is 5.91 Å². The molecule has 1 amide bonds. The fourth-order valence-corrected chi connectivity index (χ4v) is 1.05. The lowest BCUT2D eigenvalue weighted by molar-refractivity contribution is -0.138. The highest BCUT2D eigenvalue weighted by Crippen LogP contribution is 1.97. The molecule has 0 atom stereocenters. The van der Waals surface area contributed by atoms with Crippen LogP contribution in [-0.2, 0) is 14.3 Å². The van der Waals surface area contributed by atoms with E-state index in [2.05, 4.69) is 0 Å². The number of hydrogen-bond acceptors (Lipinski definition) is 3. The molecule has 0 fully saturated rings. The summed E-state index contributed by atoms with van der Waals surface area (Å²) in [7, 11) is 1.62. The molecular formula is C10H19NO4. The molecular weight excluding hydrogens is 198 g/mol. The summed E-state index contributed by atoms with van der Waals surface area (Å²) < 4.78 is 5.10.